The van der Waals surface area contributed by atoms with Crippen molar-refractivity contribution in [1.29, 1.82) is 0 Å². The summed E-state index contributed by atoms with van der Waals surface area (Å²) in [5.74, 6) is 0.780. The largest absolute Gasteiger partial charge is 0.497 e. The van der Waals surface area contributed by atoms with Gasteiger partial charge < -0.3 is 15.8 Å². The van der Waals surface area contributed by atoms with Gasteiger partial charge in [-0.05, 0) is 29.2 Å². The molecule has 6 nitrogen and oxygen atoms in total. The minimum Gasteiger partial charge on any atom is -0.497 e. The Labute approximate surface area is 121 Å². The fraction of sp³-hybridized carbons (Fsp3) is 0.250. The molecule has 0 aliphatic rings. The van der Waals surface area contributed by atoms with Crippen LogP contribution in [0, 0.1) is 0 Å². The van der Waals surface area contributed by atoms with E-state index in [2.05, 4.69) is 9.69 Å². The number of hydrogen-bond donors (Lipinski definition) is 2. The molecule has 1 aromatic carbocycles. The summed E-state index contributed by atoms with van der Waals surface area (Å²) in [5, 5.41) is 3.50. The monoisotopic (exact) mass is 313 g/mol. The molecule has 0 aliphatic heterocycles. The summed E-state index contributed by atoms with van der Waals surface area (Å²) < 4.78 is 32.4. The fourth-order valence-electron chi connectivity index (χ4n) is 1.73. The molecule has 0 atom stereocenters. The number of nitrogens with zero attached hydrogens (tertiary/aromatic N) is 1. The molecule has 2 aromatic rings. The minimum absolute atomic E-state index is 0.0330. The summed E-state index contributed by atoms with van der Waals surface area (Å²) in [6.07, 6.45) is 1.11. The molecule has 0 amide bonds. The van der Waals surface area contributed by atoms with Crippen LogP contribution < -0.4 is 15.8 Å². The molecule has 0 bridgehead atoms. The Morgan fingerprint density at radius 2 is 2.20 bits per heavy atom. The summed E-state index contributed by atoms with van der Waals surface area (Å²) in [6, 6.07) is 7.50. The van der Waals surface area contributed by atoms with Crippen LogP contribution >= 0.6 is 11.5 Å². The van der Waals surface area contributed by atoms with E-state index in [1.807, 2.05) is 24.3 Å². The van der Waals surface area contributed by atoms with Gasteiger partial charge in [0.2, 0.25) is 0 Å². The van der Waals surface area contributed by atoms with Gasteiger partial charge in [0.25, 0.3) is 0 Å². The Morgan fingerprint density at radius 1 is 1.45 bits per heavy atom. The quantitative estimate of drug-likeness (QED) is 0.873. The van der Waals surface area contributed by atoms with Crippen LogP contribution in [0.3, 0.4) is 0 Å². The summed E-state index contributed by atoms with van der Waals surface area (Å²) >= 11 is 1.04. The minimum atomic E-state index is -3.40. The number of benzene rings is 1. The predicted molar refractivity (Wildman–Crippen MR) is 80.0 cm³/mol. The van der Waals surface area contributed by atoms with E-state index in [0.717, 1.165) is 29.1 Å². The molecule has 0 spiro atoms. The van der Waals surface area contributed by atoms with Gasteiger partial charge >= 0.3 is 0 Å². The van der Waals surface area contributed by atoms with E-state index in [4.69, 9.17) is 10.5 Å². The van der Waals surface area contributed by atoms with E-state index in [1.54, 1.807) is 7.11 Å². The molecule has 0 aliphatic carbocycles. The Hall–Kier alpha value is -1.80. The third-order valence-electron chi connectivity index (χ3n) is 2.63. The van der Waals surface area contributed by atoms with Crippen molar-refractivity contribution in [3.8, 4) is 5.75 Å². The first kappa shape index (κ1) is 14.6. The average molecular weight is 313 g/mol. The lowest BCUT2D eigenvalue weighted by atomic mass is 10.2. The van der Waals surface area contributed by atoms with Gasteiger partial charge in [-0.1, -0.05) is 12.1 Å². The maximum Gasteiger partial charge on any atom is 0.182 e. The molecule has 20 heavy (non-hydrogen) atoms. The number of rotatable bonds is 5. The molecule has 0 saturated carbocycles. The smallest absolute Gasteiger partial charge is 0.182 e. The first-order valence-electron chi connectivity index (χ1n) is 5.74. The fourth-order valence-corrected chi connectivity index (χ4v) is 3.79. The zero-order valence-electron chi connectivity index (χ0n) is 11.1. The lowest BCUT2D eigenvalue weighted by Crippen LogP contribution is -2.05. The Morgan fingerprint density at radius 3 is 2.85 bits per heavy atom. The van der Waals surface area contributed by atoms with Crippen LogP contribution in [0.4, 0.5) is 10.8 Å². The third-order valence-corrected chi connectivity index (χ3v) is 4.74. The number of nitrogen functional groups attached to an aromatic ring is 1. The summed E-state index contributed by atoms with van der Waals surface area (Å²) in [6.45, 7) is 0.460. The SMILES string of the molecule is COc1cccc(CNc2snc(N)c2S(C)(=O)=O)c1. The summed E-state index contributed by atoms with van der Waals surface area (Å²) in [7, 11) is -1.81. The maximum absolute atomic E-state index is 11.7. The van der Waals surface area contributed by atoms with E-state index >= 15 is 0 Å². The molecular weight excluding hydrogens is 298 g/mol. The number of sulfone groups is 1. The molecule has 1 heterocycles. The van der Waals surface area contributed by atoms with Crippen LogP contribution in [0.15, 0.2) is 29.2 Å². The third kappa shape index (κ3) is 3.20. The summed E-state index contributed by atoms with van der Waals surface area (Å²) in [4.78, 5) is 0.0606. The highest BCUT2D eigenvalue weighted by Crippen LogP contribution is 2.31. The first-order valence-corrected chi connectivity index (χ1v) is 8.40. The molecular formula is C12H15N3O3S2. The van der Waals surface area contributed by atoms with Gasteiger partial charge in [-0.25, -0.2) is 8.42 Å². The van der Waals surface area contributed by atoms with Crippen molar-refractivity contribution in [2.24, 2.45) is 0 Å². The number of methoxy groups -OCH3 is 1. The van der Waals surface area contributed by atoms with Crippen molar-refractivity contribution < 1.29 is 13.2 Å². The van der Waals surface area contributed by atoms with Crippen molar-refractivity contribution >= 4 is 32.2 Å². The van der Waals surface area contributed by atoms with Gasteiger partial charge in [0.15, 0.2) is 15.7 Å². The average Bonchev–Trinajstić information content (AvgIpc) is 2.77. The molecule has 0 unspecified atom stereocenters. The molecule has 0 radical (unpaired) electrons. The zero-order chi connectivity index (χ0) is 14.8. The number of nitrogens with one attached hydrogen (secondary N) is 1. The number of ether oxygens (including phenoxy) is 1. The Balaban J connectivity index is 2.19. The number of aromatic nitrogens is 1. The van der Waals surface area contributed by atoms with Crippen molar-refractivity contribution in [3.63, 3.8) is 0 Å². The second-order valence-electron chi connectivity index (χ2n) is 4.20. The lowest BCUT2D eigenvalue weighted by molar-refractivity contribution is 0.414. The summed E-state index contributed by atoms with van der Waals surface area (Å²) in [5.41, 5.74) is 6.57. The highest BCUT2D eigenvalue weighted by molar-refractivity contribution is 7.91. The van der Waals surface area contributed by atoms with Gasteiger partial charge in [0, 0.05) is 12.8 Å². The zero-order valence-corrected chi connectivity index (χ0v) is 12.7. The van der Waals surface area contributed by atoms with Crippen molar-refractivity contribution in [1.82, 2.24) is 4.37 Å². The van der Waals surface area contributed by atoms with E-state index in [1.165, 1.54) is 0 Å². The normalized spacial score (nSPS) is 11.3. The van der Waals surface area contributed by atoms with Crippen molar-refractivity contribution in [2.75, 3.05) is 24.4 Å². The van der Waals surface area contributed by atoms with Crippen LogP contribution in [0.25, 0.3) is 0 Å². The van der Waals surface area contributed by atoms with Gasteiger partial charge in [-0.2, -0.15) is 4.37 Å². The molecule has 0 saturated heterocycles. The van der Waals surface area contributed by atoms with Gasteiger partial charge in [-0.15, -0.1) is 0 Å². The highest BCUT2D eigenvalue weighted by atomic mass is 32.2. The first-order chi connectivity index (χ1) is 9.41. The number of anilines is 2. The number of nitrogens with two attached hydrogens (primary N) is 1. The number of hydrogen-bond acceptors (Lipinski definition) is 7. The molecule has 1 aromatic heterocycles. The van der Waals surface area contributed by atoms with Crippen LogP contribution in [0.1, 0.15) is 5.56 Å². The van der Waals surface area contributed by atoms with E-state index in [-0.39, 0.29) is 10.7 Å². The molecule has 108 valence electrons. The van der Waals surface area contributed by atoms with Crippen LogP contribution in [-0.4, -0.2) is 26.2 Å². The topological polar surface area (TPSA) is 94.3 Å². The van der Waals surface area contributed by atoms with Crippen LogP contribution in [0.5, 0.6) is 5.75 Å². The second kappa shape index (κ2) is 5.68. The van der Waals surface area contributed by atoms with Gasteiger partial charge in [0.05, 0.1) is 7.11 Å². The van der Waals surface area contributed by atoms with E-state index in [0.29, 0.717) is 11.5 Å². The van der Waals surface area contributed by atoms with E-state index < -0.39 is 9.84 Å². The van der Waals surface area contributed by atoms with E-state index in [9.17, 15) is 8.42 Å². The predicted octanol–water partition coefficient (Wildman–Crippen LogP) is 1.75. The highest BCUT2D eigenvalue weighted by Gasteiger charge is 2.20. The maximum atomic E-state index is 11.7. The Bertz CT molecular complexity index is 710. The van der Waals surface area contributed by atoms with Gasteiger partial charge in [0.1, 0.15) is 15.6 Å². The molecule has 3 N–H and O–H groups in total. The van der Waals surface area contributed by atoms with Crippen molar-refractivity contribution in [2.45, 2.75) is 11.4 Å². The standard InChI is InChI=1S/C12H15N3O3S2/c1-18-9-5-3-4-8(6-9)7-14-12-10(20(2,16)17)11(13)15-19-12/h3-6,14H,7H2,1-2H3,(H2,13,15). The molecule has 0 fully saturated rings. The molecule has 2 rings (SSSR count). The van der Waals surface area contributed by atoms with Crippen LogP contribution in [-0.2, 0) is 16.4 Å². The Kier molecular flexibility index (Phi) is 4.15. The van der Waals surface area contributed by atoms with Crippen molar-refractivity contribution in [3.05, 3.63) is 29.8 Å². The van der Waals surface area contributed by atoms with Crippen LogP contribution in [0.2, 0.25) is 0 Å². The van der Waals surface area contributed by atoms with Gasteiger partial charge in [-0.3, -0.25) is 0 Å². The lowest BCUT2D eigenvalue weighted by Gasteiger charge is -2.07. The molecule has 8 heteroatoms. The second-order valence-corrected chi connectivity index (χ2v) is 6.93.